The van der Waals surface area contributed by atoms with Crippen LogP contribution in [0.1, 0.15) is 32.6 Å². The minimum absolute atomic E-state index is 0.00310. The molecule has 34 heavy (non-hydrogen) atoms. The molecule has 0 aliphatic heterocycles. The number of hydrazone groups is 1. The summed E-state index contributed by atoms with van der Waals surface area (Å²) in [5.41, 5.74) is 5.25. The van der Waals surface area contributed by atoms with Crippen LogP contribution in [0.25, 0.3) is 0 Å². The molecule has 3 aromatic carbocycles. The molecule has 1 amide bonds. The van der Waals surface area contributed by atoms with Gasteiger partial charge < -0.3 is 5.11 Å². The number of sulfonamides is 1. The van der Waals surface area contributed by atoms with Crippen LogP contribution in [-0.2, 0) is 21.4 Å². The molecule has 3 rings (SSSR count). The third-order valence-corrected chi connectivity index (χ3v) is 6.81. The number of carboxylic acids is 1. The molecule has 0 saturated heterocycles. The molecule has 0 spiro atoms. The number of carboxylic acid groups (broad SMARTS) is 1. The molecule has 176 valence electrons. The summed E-state index contributed by atoms with van der Waals surface area (Å²) in [4.78, 5) is 24.0. The molecular formula is C25H25N3O5S. The van der Waals surface area contributed by atoms with E-state index >= 15 is 0 Å². The minimum atomic E-state index is -3.98. The van der Waals surface area contributed by atoms with Gasteiger partial charge in [0.25, 0.3) is 5.91 Å². The van der Waals surface area contributed by atoms with Crippen molar-refractivity contribution in [3.8, 4) is 0 Å². The zero-order chi connectivity index (χ0) is 24.7. The second-order valence-electron chi connectivity index (χ2n) is 7.76. The summed E-state index contributed by atoms with van der Waals surface area (Å²) in [5, 5.41) is 13.1. The van der Waals surface area contributed by atoms with Crippen LogP contribution in [0.2, 0.25) is 0 Å². The molecule has 3 aromatic rings. The summed E-state index contributed by atoms with van der Waals surface area (Å²) in [6.07, 6.45) is 1.21. The van der Waals surface area contributed by atoms with Crippen LogP contribution in [-0.4, -0.2) is 42.5 Å². The summed E-state index contributed by atoms with van der Waals surface area (Å²) in [6.45, 7) is 3.28. The van der Waals surface area contributed by atoms with Crippen molar-refractivity contribution in [2.75, 3.05) is 6.54 Å². The minimum Gasteiger partial charge on any atom is -0.478 e. The van der Waals surface area contributed by atoms with Crippen LogP contribution < -0.4 is 5.43 Å². The van der Waals surface area contributed by atoms with E-state index in [1.807, 2.05) is 32.0 Å². The Morgan fingerprint density at radius 2 is 1.68 bits per heavy atom. The number of nitrogens with zero attached hydrogens (tertiary/aromatic N) is 2. The van der Waals surface area contributed by atoms with Gasteiger partial charge in [0.15, 0.2) is 0 Å². The van der Waals surface area contributed by atoms with Gasteiger partial charge in [-0.2, -0.15) is 9.41 Å². The van der Waals surface area contributed by atoms with E-state index in [0.29, 0.717) is 5.56 Å². The van der Waals surface area contributed by atoms with E-state index in [4.69, 9.17) is 0 Å². The Hall–Kier alpha value is -3.82. The van der Waals surface area contributed by atoms with Crippen LogP contribution in [0, 0.1) is 13.8 Å². The molecule has 0 aliphatic rings. The van der Waals surface area contributed by atoms with E-state index in [1.165, 1.54) is 24.4 Å². The normalized spacial score (nSPS) is 11.6. The lowest BCUT2D eigenvalue weighted by Gasteiger charge is -2.22. The summed E-state index contributed by atoms with van der Waals surface area (Å²) >= 11 is 0. The van der Waals surface area contributed by atoms with Crippen molar-refractivity contribution in [1.82, 2.24) is 9.73 Å². The maximum Gasteiger partial charge on any atom is 0.336 e. The van der Waals surface area contributed by atoms with Gasteiger partial charge in [-0.15, -0.1) is 0 Å². The van der Waals surface area contributed by atoms with Crippen molar-refractivity contribution in [2.24, 2.45) is 5.10 Å². The van der Waals surface area contributed by atoms with E-state index in [1.54, 1.807) is 36.4 Å². The highest BCUT2D eigenvalue weighted by atomic mass is 32.2. The lowest BCUT2D eigenvalue weighted by molar-refractivity contribution is -0.121. The lowest BCUT2D eigenvalue weighted by Crippen LogP contribution is -2.39. The zero-order valence-corrected chi connectivity index (χ0v) is 19.6. The highest BCUT2D eigenvalue weighted by molar-refractivity contribution is 7.89. The second-order valence-corrected chi connectivity index (χ2v) is 9.70. The van der Waals surface area contributed by atoms with E-state index in [0.717, 1.165) is 21.0 Å². The average molecular weight is 480 g/mol. The van der Waals surface area contributed by atoms with Gasteiger partial charge in [0.1, 0.15) is 0 Å². The highest BCUT2D eigenvalue weighted by Gasteiger charge is 2.27. The van der Waals surface area contributed by atoms with E-state index < -0.39 is 28.4 Å². The Balaban J connectivity index is 1.81. The zero-order valence-electron chi connectivity index (χ0n) is 18.8. The molecule has 0 radical (unpaired) electrons. The number of amides is 1. The van der Waals surface area contributed by atoms with E-state index in [9.17, 15) is 23.1 Å². The number of aromatic carboxylic acids is 1. The number of rotatable bonds is 9. The fourth-order valence-corrected chi connectivity index (χ4v) is 4.66. The smallest absolute Gasteiger partial charge is 0.336 e. The van der Waals surface area contributed by atoms with Crippen molar-refractivity contribution < 1.29 is 23.1 Å². The van der Waals surface area contributed by atoms with Crippen molar-refractivity contribution in [3.05, 3.63) is 101 Å². The number of carbonyl (C=O) groups is 2. The second kappa shape index (κ2) is 10.9. The predicted octanol–water partition coefficient (Wildman–Crippen LogP) is 3.34. The average Bonchev–Trinajstić information content (AvgIpc) is 2.79. The first-order chi connectivity index (χ1) is 16.2. The van der Waals surface area contributed by atoms with Crippen molar-refractivity contribution in [2.45, 2.75) is 25.3 Å². The number of carbonyl (C=O) groups excluding carboxylic acids is 1. The first-order valence-electron chi connectivity index (χ1n) is 10.4. The molecule has 2 N–H and O–H groups in total. The maximum absolute atomic E-state index is 13.3. The Kier molecular flexibility index (Phi) is 7.93. The predicted molar refractivity (Wildman–Crippen MR) is 129 cm³/mol. The van der Waals surface area contributed by atoms with Gasteiger partial charge in [0.2, 0.25) is 10.0 Å². The summed E-state index contributed by atoms with van der Waals surface area (Å²) in [7, 11) is -3.98. The number of nitrogens with one attached hydrogen (secondary N) is 1. The van der Waals surface area contributed by atoms with E-state index in [2.05, 4.69) is 10.5 Å². The van der Waals surface area contributed by atoms with Crippen LogP contribution in [0.15, 0.2) is 82.8 Å². The third-order valence-electron chi connectivity index (χ3n) is 5.00. The monoisotopic (exact) mass is 479 g/mol. The number of benzene rings is 3. The highest BCUT2D eigenvalue weighted by Crippen LogP contribution is 2.19. The molecule has 8 nitrogen and oxygen atoms in total. The molecule has 9 heteroatoms. The Morgan fingerprint density at radius 1 is 0.971 bits per heavy atom. The van der Waals surface area contributed by atoms with Crippen molar-refractivity contribution in [1.29, 1.82) is 0 Å². The number of hydrogen-bond acceptors (Lipinski definition) is 5. The fraction of sp³-hybridized carbons (Fsp3) is 0.160. The topological polar surface area (TPSA) is 116 Å². The van der Waals surface area contributed by atoms with Gasteiger partial charge in [-0.3, -0.25) is 4.79 Å². The summed E-state index contributed by atoms with van der Waals surface area (Å²) in [6, 6.07) is 20.0. The SMILES string of the molecule is Cc1ccc(S(=O)(=O)N(CC(=O)N/N=C/c2ccccc2C(=O)O)Cc2cccc(C)c2)cc1. The van der Waals surface area contributed by atoms with Crippen molar-refractivity contribution >= 4 is 28.1 Å². The molecule has 0 unspecified atom stereocenters. The molecular weight excluding hydrogens is 454 g/mol. The van der Waals surface area contributed by atoms with Crippen LogP contribution >= 0.6 is 0 Å². The first-order valence-corrected chi connectivity index (χ1v) is 11.9. The van der Waals surface area contributed by atoms with Gasteiger partial charge in [0, 0.05) is 12.1 Å². The molecule has 0 atom stereocenters. The summed E-state index contributed by atoms with van der Waals surface area (Å²) in [5.74, 6) is -1.78. The molecule has 0 saturated carbocycles. The summed E-state index contributed by atoms with van der Waals surface area (Å²) < 4.78 is 27.7. The molecule has 0 heterocycles. The third kappa shape index (κ3) is 6.37. The standard InChI is InChI=1S/C25H25N3O5S/c1-18-10-12-22(13-11-18)34(32,33)28(16-20-7-5-6-19(2)14-20)17-24(29)27-26-15-21-8-3-4-9-23(21)25(30)31/h3-15H,16-17H2,1-2H3,(H,27,29)(H,30,31)/b26-15+. The fourth-order valence-electron chi connectivity index (χ4n) is 3.27. The van der Waals surface area contributed by atoms with Gasteiger partial charge in [-0.25, -0.2) is 18.6 Å². The number of hydrogen-bond donors (Lipinski definition) is 2. The largest absolute Gasteiger partial charge is 0.478 e. The molecule has 0 fully saturated rings. The maximum atomic E-state index is 13.3. The van der Waals surface area contributed by atoms with Crippen LogP contribution in [0.4, 0.5) is 0 Å². The van der Waals surface area contributed by atoms with Gasteiger partial charge in [-0.05, 0) is 37.6 Å². The molecule has 0 bridgehead atoms. The molecule has 0 aromatic heterocycles. The van der Waals surface area contributed by atoms with Gasteiger partial charge >= 0.3 is 5.97 Å². The lowest BCUT2D eigenvalue weighted by atomic mass is 10.1. The first kappa shape index (κ1) is 24.8. The molecule has 0 aliphatic carbocycles. The number of aryl methyl sites for hydroxylation is 2. The van der Waals surface area contributed by atoms with Gasteiger partial charge in [-0.1, -0.05) is 65.7 Å². The van der Waals surface area contributed by atoms with Crippen molar-refractivity contribution in [3.63, 3.8) is 0 Å². The Morgan fingerprint density at radius 3 is 2.35 bits per heavy atom. The van der Waals surface area contributed by atoms with Crippen LogP contribution in [0.3, 0.4) is 0 Å². The van der Waals surface area contributed by atoms with Crippen LogP contribution in [0.5, 0.6) is 0 Å². The quantitative estimate of drug-likeness (QED) is 0.361. The van der Waals surface area contributed by atoms with Gasteiger partial charge in [0.05, 0.1) is 23.2 Å². The Bertz CT molecular complexity index is 1320. The Labute approximate surface area is 198 Å². The van der Waals surface area contributed by atoms with E-state index in [-0.39, 0.29) is 17.0 Å².